The van der Waals surface area contributed by atoms with Crippen molar-refractivity contribution in [3.8, 4) is 5.75 Å². The Balaban J connectivity index is 3.49. The van der Waals surface area contributed by atoms with E-state index in [-0.39, 0.29) is 11.3 Å². The summed E-state index contributed by atoms with van der Waals surface area (Å²) in [4.78, 5) is 11.1. The largest absolute Gasteiger partial charge is 0.496 e. The fraction of sp³-hybridized carbons (Fsp3) is 0.364. The second-order valence-corrected chi connectivity index (χ2v) is 3.42. The van der Waals surface area contributed by atoms with Crippen LogP contribution in [0, 0.1) is 6.92 Å². The van der Waals surface area contributed by atoms with Gasteiger partial charge in [-0.05, 0) is 31.5 Å². The molecule has 0 saturated heterocycles. The van der Waals surface area contributed by atoms with Gasteiger partial charge in [0.1, 0.15) is 5.75 Å². The molecule has 5 heteroatoms. The van der Waals surface area contributed by atoms with Gasteiger partial charge in [0.05, 0.1) is 12.7 Å². The topological polar surface area (TPSA) is 26.3 Å². The van der Waals surface area contributed by atoms with Gasteiger partial charge < -0.3 is 4.74 Å². The number of aryl methyl sites for hydroxylation is 1. The minimum absolute atomic E-state index is 0.276. The van der Waals surface area contributed by atoms with Crippen LogP contribution in [-0.2, 0) is 6.18 Å². The molecule has 0 heterocycles. The maximum Gasteiger partial charge on any atom is 0.417 e. The predicted octanol–water partition coefficient (Wildman–Crippen LogP) is 3.23. The molecule has 88 valence electrons. The maximum absolute atomic E-state index is 12.6. The number of hydrogen-bond donors (Lipinski definition) is 0. The number of Topliss-reactive ketones (excluding diaryl/α,β-unsaturated/α-hetero) is 1. The Hall–Kier alpha value is -1.52. The number of rotatable bonds is 2. The Kier molecular flexibility index (Phi) is 3.26. The molecule has 0 fully saturated rings. The number of methoxy groups -OCH3 is 1. The Bertz CT molecular complexity index is 422. The lowest BCUT2D eigenvalue weighted by Gasteiger charge is -2.14. The van der Waals surface area contributed by atoms with E-state index in [0.29, 0.717) is 5.56 Å². The zero-order valence-corrected chi connectivity index (χ0v) is 9.11. The molecule has 0 unspecified atom stereocenters. The van der Waals surface area contributed by atoms with Gasteiger partial charge >= 0.3 is 6.18 Å². The highest BCUT2D eigenvalue weighted by Crippen LogP contribution is 2.35. The minimum Gasteiger partial charge on any atom is -0.496 e. The lowest BCUT2D eigenvalue weighted by Crippen LogP contribution is -2.12. The standard InChI is InChI=1S/C11H11F3O2/c1-6-4-9(11(12,13)14)8(7(2)15)5-10(6)16-3/h4-5H,1-3H3. The average Bonchev–Trinajstić information content (AvgIpc) is 2.15. The molecule has 16 heavy (non-hydrogen) atoms. The fourth-order valence-corrected chi connectivity index (χ4v) is 1.43. The molecule has 2 nitrogen and oxygen atoms in total. The van der Waals surface area contributed by atoms with Gasteiger partial charge in [0.25, 0.3) is 0 Å². The van der Waals surface area contributed by atoms with E-state index in [2.05, 4.69) is 0 Å². The Morgan fingerprint density at radius 2 is 1.88 bits per heavy atom. The van der Waals surface area contributed by atoms with E-state index in [1.807, 2.05) is 0 Å². The van der Waals surface area contributed by atoms with Gasteiger partial charge in [-0.2, -0.15) is 13.2 Å². The molecule has 1 aromatic rings. The summed E-state index contributed by atoms with van der Waals surface area (Å²) in [6.07, 6.45) is -4.53. The van der Waals surface area contributed by atoms with Gasteiger partial charge in [0, 0.05) is 5.56 Å². The number of ketones is 1. The van der Waals surface area contributed by atoms with Gasteiger partial charge in [-0.25, -0.2) is 0 Å². The highest BCUT2D eigenvalue weighted by atomic mass is 19.4. The molecule has 1 aromatic carbocycles. The molecular formula is C11H11F3O2. The average molecular weight is 232 g/mol. The highest BCUT2D eigenvalue weighted by Gasteiger charge is 2.35. The van der Waals surface area contributed by atoms with Crippen molar-refractivity contribution in [2.45, 2.75) is 20.0 Å². The smallest absolute Gasteiger partial charge is 0.417 e. The third kappa shape index (κ3) is 2.35. The van der Waals surface area contributed by atoms with Crippen molar-refractivity contribution in [1.82, 2.24) is 0 Å². The first-order chi connectivity index (χ1) is 7.27. The molecule has 0 aliphatic heterocycles. The Morgan fingerprint density at radius 3 is 2.25 bits per heavy atom. The van der Waals surface area contributed by atoms with Crippen LogP contribution in [-0.4, -0.2) is 12.9 Å². The van der Waals surface area contributed by atoms with Gasteiger partial charge in [0.15, 0.2) is 5.78 Å². The van der Waals surface area contributed by atoms with Gasteiger partial charge in [-0.15, -0.1) is 0 Å². The quantitative estimate of drug-likeness (QED) is 0.732. The summed E-state index contributed by atoms with van der Waals surface area (Å²) in [5.41, 5.74) is -0.937. The number of alkyl halides is 3. The second-order valence-electron chi connectivity index (χ2n) is 3.42. The van der Waals surface area contributed by atoms with Crippen molar-refractivity contribution in [1.29, 1.82) is 0 Å². The third-order valence-corrected chi connectivity index (χ3v) is 2.22. The number of ether oxygens (including phenoxy) is 1. The van der Waals surface area contributed by atoms with Crippen molar-refractivity contribution in [2.24, 2.45) is 0 Å². The Labute approximate surface area is 91.0 Å². The normalized spacial score (nSPS) is 11.4. The maximum atomic E-state index is 12.6. The van der Waals surface area contributed by atoms with Gasteiger partial charge in [-0.1, -0.05) is 0 Å². The fourth-order valence-electron chi connectivity index (χ4n) is 1.43. The molecule has 0 spiro atoms. The van der Waals surface area contributed by atoms with Gasteiger partial charge in [-0.3, -0.25) is 4.79 Å². The SMILES string of the molecule is COc1cc(C(C)=O)c(C(F)(F)F)cc1C. The summed E-state index contributed by atoms with van der Waals surface area (Å²) in [5.74, 6) is -0.358. The van der Waals surface area contributed by atoms with Gasteiger partial charge in [0.2, 0.25) is 0 Å². The molecule has 0 aromatic heterocycles. The number of benzene rings is 1. The number of halogens is 3. The zero-order chi connectivity index (χ0) is 12.5. The second kappa shape index (κ2) is 4.15. The van der Waals surface area contributed by atoms with Crippen LogP contribution in [0.4, 0.5) is 13.2 Å². The van der Waals surface area contributed by atoms with Crippen LogP contribution in [0.3, 0.4) is 0 Å². The summed E-state index contributed by atoms with van der Waals surface area (Å²) in [7, 11) is 1.35. The van der Waals surface area contributed by atoms with Crippen molar-refractivity contribution in [3.05, 3.63) is 28.8 Å². The summed E-state index contributed by atoms with van der Waals surface area (Å²) >= 11 is 0. The summed E-state index contributed by atoms with van der Waals surface area (Å²) < 4.78 is 42.8. The molecule has 0 amide bonds. The third-order valence-electron chi connectivity index (χ3n) is 2.22. The molecule has 0 saturated carbocycles. The highest BCUT2D eigenvalue weighted by molar-refractivity contribution is 5.96. The zero-order valence-electron chi connectivity index (χ0n) is 9.11. The molecule has 1 rings (SSSR count). The summed E-state index contributed by atoms with van der Waals surface area (Å²) in [6.45, 7) is 2.59. The first-order valence-corrected chi connectivity index (χ1v) is 4.54. The van der Waals surface area contributed by atoms with Crippen LogP contribution >= 0.6 is 0 Å². The first kappa shape index (κ1) is 12.5. The van der Waals surface area contributed by atoms with Crippen molar-refractivity contribution in [3.63, 3.8) is 0 Å². The summed E-state index contributed by atoms with van der Waals surface area (Å²) in [6, 6.07) is 2.05. The monoisotopic (exact) mass is 232 g/mol. The molecular weight excluding hydrogens is 221 g/mol. The number of carbonyl (C=O) groups is 1. The molecule has 0 aliphatic rings. The van der Waals surface area contributed by atoms with E-state index < -0.39 is 17.5 Å². The number of carbonyl (C=O) groups excluding carboxylic acids is 1. The van der Waals surface area contributed by atoms with Crippen LogP contribution in [0.25, 0.3) is 0 Å². The Morgan fingerprint density at radius 1 is 1.31 bits per heavy atom. The van der Waals surface area contributed by atoms with E-state index in [1.165, 1.54) is 14.0 Å². The molecule has 0 radical (unpaired) electrons. The van der Waals surface area contributed by atoms with Crippen molar-refractivity contribution in [2.75, 3.05) is 7.11 Å². The summed E-state index contributed by atoms with van der Waals surface area (Å²) in [5, 5.41) is 0. The van der Waals surface area contributed by atoms with Crippen LogP contribution in [0.15, 0.2) is 12.1 Å². The lowest BCUT2D eigenvalue weighted by atomic mass is 10.0. The van der Waals surface area contributed by atoms with Crippen LogP contribution < -0.4 is 4.74 Å². The minimum atomic E-state index is -4.53. The molecule has 0 aliphatic carbocycles. The van der Waals surface area contributed by atoms with Crippen LogP contribution in [0.5, 0.6) is 5.75 Å². The molecule has 0 bridgehead atoms. The van der Waals surface area contributed by atoms with E-state index in [9.17, 15) is 18.0 Å². The van der Waals surface area contributed by atoms with E-state index >= 15 is 0 Å². The van der Waals surface area contributed by atoms with Crippen LogP contribution in [0.2, 0.25) is 0 Å². The van der Waals surface area contributed by atoms with Crippen molar-refractivity contribution >= 4 is 5.78 Å². The van der Waals surface area contributed by atoms with E-state index in [1.54, 1.807) is 0 Å². The first-order valence-electron chi connectivity index (χ1n) is 4.54. The van der Waals surface area contributed by atoms with E-state index in [4.69, 9.17) is 4.74 Å². The molecule has 0 atom stereocenters. The van der Waals surface area contributed by atoms with E-state index in [0.717, 1.165) is 19.1 Å². The lowest BCUT2D eigenvalue weighted by molar-refractivity contribution is -0.138. The number of hydrogen-bond acceptors (Lipinski definition) is 2. The van der Waals surface area contributed by atoms with Crippen molar-refractivity contribution < 1.29 is 22.7 Å². The predicted molar refractivity (Wildman–Crippen MR) is 52.7 cm³/mol. The molecule has 0 N–H and O–H groups in total. The van der Waals surface area contributed by atoms with Crippen LogP contribution in [0.1, 0.15) is 28.4 Å².